The van der Waals surface area contributed by atoms with Gasteiger partial charge in [0, 0.05) is 19.3 Å². The van der Waals surface area contributed by atoms with Gasteiger partial charge in [0.2, 0.25) is 0 Å². The molecule has 3 heteroatoms. The zero-order valence-corrected chi connectivity index (χ0v) is 8.49. The van der Waals surface area contributed by atoms with Crippen LogP contribution >= 0.6 is 0 Å². The Labute approximate surface area is 84.4 Å². The van der Waals surface area contributed by atoms with E-state index in [9.17, 15) is 0 Å². The molecule has 14 heavy (non-hydrogen) atoms. The normalized spacial score (nSPS) is 14.6. The fraction of sp³-hybridized carbons (Fsp3) is 0.455. The maximum absolute atomic E-state index is 5.04. The molecule has 0 unspecified atom stereocenters. The third kappa shape index (κ3) is 1.61. The van der Waals surface area contributed by atoms with Crippen molar-refractivity contribution in [3.8, 4) is 0 Å². The lowest BCUT2D eigenvalue weighted by atomic mass is 10.0. The summed E-state index contributed by atoms with van der Waals surface area (Å²) < 4.78 is 0. The minimum atomic E-state index is 0.597. The molecular weight excluding hydrogens is 176 g/mol. The lowest BCUT2D eigenvalue weighted by Gasteiger charge is -2.12. The molecule has 0 saturated carbocycles. The van der Waals surface area contributed by atoms with Crippen LogP contribution in [0.4, 0.5) is 5.69 Å². The second kappa shape index (κ2) is 3.98. The molecule has 0 saturated heterocycles. The number of rotatable bonds is 3. The van der Waals surface area contributed by atoms with Crippen molar-refractivity contribution < 1.29 is 4.84 Å². The standard InChI is InChI=1S/C11H16N2O/c1-13-7-5-10-9(6-8-14-12)3-2-4-11(10)13/h2-4H,5-8,12H2,1H3. The predicted molar refractivity (Wildman–Crippen MR) is 57.3 cm³/mol. The molecule has 76 valence electrons. The third-order valence-electron chi connectivity index (χ3n) is 2.85. The van der Waals surface area contributed by atoms with Gasteiger partial charge in [0.05, 0.1) is 6.61 Å². The highest BCUT2D eigenvalue weighted by molar-refractivity contribution is 5.60. The van der Waals surface area contributed by atoms with E-state index in [0.29, 0.717) is 6.61 Å². The highest BCUT2D eigenvalue weighted by Gasteiger charge is 2.17. The van der Waals surface area contributed by atoms with Gasteiger partial charge in [-0.1, -0.05) is 12.1 Å². The number of benzene rings is 1. The van der Waals surface area contributed by atoms with Crippen LogP contribution in [0.1, 0.15) is 11.1 Å². The second-order valence-electron chi connectivity index (χ2n) is 3.71. The Hall–Kier alpha value is -1.06. The number of hydrogen-bond donors (Lipinski definition) is 1. The zero-order valence-electron chi connectivity index (χ0n) is 8.49. The van der Waals surface area contributed by atoms with E-state index >= 15 is 0 Å². The molecule has 0 fully saturated rings. The van der Waals surface area contributed by atoms with E-state index in [4.69, 9.17) is 5.90 Å². The second-order valence-corrected chi connectivity index (χ2v) is 3.71. The molecule has 0 aromatic heterocycles. The first-order chi connectivity index (χ1) is 6.83. The first kappa shape index (κ1) is 9.49. The van der Waals surface area contributed by atoms with Gasteiger partial charge in [-0.15, -0.1) is 0 Å². The van der Waals surface area contributed by atoms with E-state index in [2.05, 4.69) is 35.0 Å². The fourth-order valence-corrected chi connectivity index (χ4v) is 2.07. The quantitative estimate of drug-likeness (QED) is 0.729. The Bertz CT molecular complexity index is 325. The minimum Gasteiger partial charge on any atom is -0.374 e. The van der Waals surface area contributed by atoms with Crippen molar-refractivity contribution in [1.82, 2.24) is 0 Å². The molecule has 0 bridgehead atoms. The van der Waals surface area contributed by atoms with Crippen molar-refractivity contribution in [2.75, 3.05) is 25.1 Å². The van der Waals surface area contributed by atoms with Gasteiger partial charge in [-0.2, -0.15) is 0 Å². The molecule has 1 aromatic rings. The zero-order chi connectivity index (χ0) is 9.97. The average molecular weight is 192 g/mol. The first-order valence-electron chi connectivity index (χ1n) is 4.96. The van der Waals surface area contributed by atoms with Crippen molar-refractivity contribution >= 4 is 5.69 Å². The number of hydrogen-bond acceptors (Lipinski definition) is 3. The van der Waals surface area contributed by atoms with Crippen LogP contribution in [0.3, 0.4) is 0 Å². The largest absolute Gasteiger partial charge is 0.374 e. The number of fused-ring (bicyclic) bond motifs is 1. The molecule has 0 aliphatic carbocycles. The summed E-state index contributed by atoms with van der Waals surface area (Å²) in [5.74, 6) is 5.04. The van der Waals surface area contributed by atoms with Crippen LogP contribution in [-0.4, -0.2) is 20.2 Å². The van der Waals surface area contributed by atoms with E-state index in [-0.39, 0.29) is 0 Å². The SMILES string of the molecule is CN1CCc2c(CCON)cccc21. The highest BCUT2D eigenvalue weighted by Crippen LogP contribution is 2.29. The van der Waals surface area contributed by atoms with E-state index in [1.165, 1.54) is 16.8 Å². The molecule has 1 heterocycles. The summed E-state index contributed by atoms with van der Waals surface area (Å²) in [7, 11) is 2.13. The molecular formula is C11H16N2O. The summed E-state index contributed by atoms with van der Waals surface area (Å²) in [6.07, 6.45) is 2.06. The topological polar surface area (TPSA) is 38.5 Å². The molecule has 0 spiro atoms. The molecule has 1 aliphatic heterocycles. The first-order valence-corrected chi connectivity index (χ1v) is 4.96. The Morgan fingerprint density at radius 1 is 1.50 bits per heavy atom. The van der Waals surface area contributed by atoms with Gasteiger partial charge in [-0.25, -0.2) is 5.90 Å². The number of likely N-dealkylation sites (N-methyl/N-ethyl adjacent to an activating group) is 1. The molecule has 3 nitrogen and oxygen atoms in total. The van der Waals surface area contributed by atoms with E-state index < -0.39 is 0 Å². The molecule has 2 N–H and O–H groups in total. The Balaban J connectivity index is 2.25. The van der Waals surface area contributed by atoms with Crippen LogP contribution in [-0.2, 0) is 17.7 Å². The number of nitrogens with two attached hydrogens (primary N) is 1. The van der Waals surface area contributed by atoms with Crippen LogP contribution < -0.4 is 10.8 Å². The molecule has 2 rings (SSSR count). The van der Waals surface area contributed by atoms with E-state index in [1.807, 2.05) is 0 Å². The molecule has 1 aromatic carbocycles. The molecule has 0 radical (unpaired) electrons. The lowest BCUT2D eigenvalue weighted by molar-refractivity contribution is 0.141. The Morgan fingerprint density at radius 3 is 3.14 bits per heavy atom. The maximum atomic E-state index is 5.04. The van der Waals surface area contributed by atoms with Gasteiger partial charge < -0.3 is 9.74 Å². The smallest absolute Gasteiger partial charge is 0.0719 e. The summed E-state index contributed by atoms with van der Waals surface area (Å²) in [5, 5.41) is 0. The van der Waals surface area contributed by atoms with Gasteiger partial charge in [0.1, 0.15) is 0 Å². The van der Waals surface area contributed by atoms with Crippen molar-refractivity contribution in [2.24, 2.45) is 5.90 Å². The summed E-state index contributed by atoms with van der Waals surface area (Å²) in [6, 6.07) is 6.44. The highest BCUT2D eigenvalue weighted by atomic mass is 16.6. The van der Waals surface area contributed by atoms with Crippen molar-refractivity contribution in [1.29, 1.82) is 0 Å². The van der Waals surface area contributed by atoms with Gasteiger partial charge in [0.25, 0.3) is 0 Å². The maximum Gasteiger partial charge on any atom is 0.0719 e. The predicted octanol–water partition coefficient (Wildman–Crippen LogP) is 1.11. The van der Waals surface area contributed by atoms with Crippen LogP contribution in [0.2, 0.25) is 0 Å². The van der Waals surface area contributed by atoms with Crippen LogP contribution in [0.5, 0.6) is 0 Å². The number of nitrogens with zero attached hydrogens (tertiary/aromatic N) is 1. The van der Waals surface area contributed by atoms with Gasteiger partial charge in [0.15, 0.2) is 0 Å². The van der Waals surface area contributed by atoms with Gasteiger partial charge >= 0.3 is 0 Å². The molecule has 0 atom stereocenters. The molecule has 1 aliphatic rings. The van der Waals surface area contributed by atoms with Gasteiger partial charge in [-0.3, -0.25) is 0 Å². The Morgan fingerprint density at radius 2 is 2.36 bits per heavy atom. The monoisotopic (exact) mass is 192 g/mol. The van der Waals surface area contributed by atoms with Crippen LogP contribution in [0.25, 0.3) is 0 Å². The summed E-state index contributed by atoms with van der Waals surface area (Å²) in [5.41, 5.74) is 4.20. The number of anilines is 1. The van der Waals surface area contributed by atoms with Crippen LogP contribution in [0.15, 0.2) is 18.2 Å². The molecule has 0 amide bonds. The summed E-state index contributed by atoms with van der Waals surface area (Å²) in [4.78, 5) is 6.91. The van der Waals surface area contributed by atoms with Crippen molar-refractivity contribution in [2.45, 2.75) is 12.8 Å². The van der Waals surface area contributed by atoms with Crippen molar-refractivity contribution in [3.05, 3.63) is 29.3 Å². The van der Waals surface area contributed by atoms with Crippen molar-refractivity contribution in [3.63, 3.8) is 0 Å². The van der Waals surface area contributed by atoms with E-state index in [1.54, 1.807) is 0 Å². The summed E-state index contributed by atoms with van der Waals surface area (Å²) >= 11 is 0. The van der Waals surface area contributed by atoms with E-state index in [0.717, 1.165) is 19.4 Å². The Kier molecular flexibility index (Phi) is 2.70. The lowest BCUT2D eigenvalue weighted by Crippen LogP contribution is -2.12. The fourth-order valence-electron chi connectivity index (χ4n) is 2.07. The average Bonchev–Trinajstić information content (AvgIpc) is 2.58. The minimum absolute atomic E-state index is 0.597. The third-order valence-corrected chi connectivity index (χ3v) is 2.85. The van der Waals surface area contributed by atoms with Crippen LogP contribution in [0, 0.1) is 0 Å². The van der Waals surface area contributed by atoms with Gasteiger partial charge in [-0.05, 0) is 30.0 Å². The summed E-state index contributed by atoms with van der Waals surface area (Å²) in [6.45, 7) is 1.72.